The Kier molecular flexibility index (Phi) is 7.33. The lowest BCUT2D eigenvalue weighted by molar-refractivity contribution is -0.121. The molecule has 1 N–H and O–H groups in total. The van der Waals surface area contributed by atoms with Crippen molar-refractivity contribution in [2.75, 3.05) is 24.7 Å². The number of halogens is 2. The van der Waals surface area contributed by atoms with Gasteiger partial charge in [0.25, 0.3) is 11.8 Å². The maximum Gasteiger partial charge on any atom is 0.287 e. The van der Waals surface area contributed by atoms with E-state index in [0.29, 0.717) is 23.7 Å². The largest absolute Gasteiger partial charge is 0.485 e. The molecular formula is C26H24F2N2O6. The molecule has 0 radical (unpaired) electrons. The van der Waals surface area contributed by atoms with Crippen molar-refractivity contribution in [2.45, 2.75) is 20.4 Å². The van der Waals surface area contributed by atoms with Gasteiger partial charge in [0.1, 0.15) is 17.3 Å². The Morgan fingerprint density at radius 2 is 1.89 bits per heavy atom. The Labute approximate surface area is 205 Å². The van der Waals surface area contributed by atoms with Crippen LogP contribution in [0.15, 0.2) is 52.9 Å². The van der Waals surface area contributed by atoms with Crippen LogP contribution >= 0.6 is 0 Å². The fraction of sp³-hybridized carbons (Fsp3) is 0.269. The number of carbonyl (C=O) groups excluding carboxylic acids is 3. The average Bonchev–Trinajstić information content (AvgIpc) is 3.33. The summed E-state index contributed by atoms with van der Waals surface area (Å²) in [6.45, 7) is 3.86. The number of ether oxygens (including phenoxy) is 2. The maximum absolute atomic E-state index is 13.4. The highest BCUT2D eigenvalue weighted by atomic mass is 19.2. The highest BCUT2D eigenvalue weighted by Crippen LogP contribution is 2.34. The first-order chi connectivity index (χ1) is 17.2. The summed E-state index contributed by atoms with van der Waals surface area (Å²) in [6, 6.07) is 10.7. The molecule has 36 heavy (non-hydrogen) atoms. The molecule has 0 atom stereocenters. The topological polar surface area (TPSA) is 98.1 Å². The molecule has 1 aliphatic heterocycles. The van der Waals surface area contributed by atoms with Crippen molar-refractivity contribution in [2.24, 2.45) is 5.92 Å². The van der Waals surface area contributed by atoms with Crippen LogP contribution in [0.2, 0.25) is 0 Å². The average molecular weight is 498 g/mol. The van der Waals surface area contributed by atoms with Crippen LogP contribution in [0.5, 0.6) is 11.5 Å². The van der Waals surface area contributed by atoms with Gasteiger partial charge in [0.05, 0.1) is 12.2 Å². The van der Waals surface area contributed by atoms with Gasteiger partial charge in [-0.15, -0.1) is 0 Å². The third kappa shape index (κ3) is 5.70. The van der Waals surface area contributed by atoms with Gasteiger partial charge in [0.15, 0.2) is 36.4 Å². The third-order valence-corrected chi connectivity index (χ3v) is 5.36. The highest BCUT2D eigenvalue weighted by molar-refractivity contribution is 6.02. The quantitative estimate of drug-likeness (QED) is 0.446. The van der Waals surface area contributed by atoms with Gasteiger partial charge in [-0.25, -0.2) is 8.78 Å². The first-order valence-corrected chi connectivity index (χ1v) is 11.3. The molecule has 188 valence electrons. The van der Waals surface area contributed by atoms with E-state index in [2.05, 4.69) is 5.32 Å². The normalized spacial score (nSPS) is 12.8. The van der Waals surface area contributed by atoms with E-state index < -0.39 is 24.0 Å². The van der Waals surface area contributed by atoms with Crippen molar-refractivity contribution in [3.8, 4) is 11.5 Å². The zero-order valence-electron chi connectivity index (χ0n) is 19.7. The predicted molar refractivity (Wildman–Crippen MR) is 125 cm³/mol. The van der Waals surface area contributed by atoms with E-state index in [-0.39, 0.29) is 48.0 Å². The van der Waals surface area contributed by atoms with Gasteiger partial charge in [-0.05, 0) is 48.4 Å². The van der Waals surface area contributed by atoms with Gasteiger partial charge in [0, 0.05) is 18.2 Å². The van der Waals surface area contributed by atoms with Gasteiger partial charge in [-0.2, -0.15) is 0 Å². The van der Waals surface area contributed by atoms with E-state index in [9.17, 15) is 23.2 Å². The molecule has 8 nitrogen and oxygen atoms in total. The van der Waals surface area contributed by atoms with Crippen LogP contribution in [0.1, 0.15) is 40.5 Å². The summed E-state index contributed by atoms with van der Waals surface area (Å²) in [5, 5.41) is 2.77. The fourth-order valence-corrected chi connectivity index (χ4v) is 3.47. The van der Waals surface area contributed by atoms with Crippen LogP contribution in [0.4, 0.5) is 14.5 Å². The molecule has 1 aromatic heterocycles. The number of furan rings is 1. The number of hydrogen-bond donors (Lipinski definition) is 1. The number of carbonyl (C=O) groups is 3. The van der Waals surface area contributed by atoms with Gasteiger partial charge >= 0.3 is 0 Å². The van der Waals surface area contributed by atoms with Crippen LogP contribution in [0, 0.1) is 17.6 Å². The number of amides is 2. The molecule has 0 unspecified atom stereocenters. The molecule has 0 bridgehead atoms. The second kappa shape index (κ2) is 10.6. The monoisotopic (exact) mass is 498 g/mol. The molecule has 0 saturated carbocycles. The SMILES string of the molecule is CC(C)CNC(=O)c1ccc(CN2C(=O)COc3ccc(C(=O)COc4ccc(F)c(F)c4)cc32)o1. The third-order valence-electron chi connectivity index (χ3n) is 5.36. The minimum Gasteiger partial charge on any atom is -0.485 e. The summed E-state index contributed by atoms with van der Waals surface area (Å²) in [6.07, 6.45) is 0. The lowest BCUT2D eigenvalue weighted by Gasteiger charge is -2.29. The number of nitrogens with zero attached hydrogens (tertiary/aromatic N) is 1. The summed E-state index contributed by atoms with van der Waals surface area (Å²) >= 11 is 0. The number of fused-ring (bicyclic) bond motifs is 1. The van der Waals surface area contributed by atoms with E-state index in [1.165, 1.54) is 29.2 Å². The molecule has 0 saturated heterocycles. The number of hydrogen-bond acceptors (Lipinski definition) is 6. The van der Waals surface area contributed by atoms with E-state index in [1.54, 1.807) is 12.1 Å². The molecule has 2 amide bonds. The number of rotatable bonds is 9. The zero-order chi connectivity index (χ0) is 25.8. The number of Topliss-reactive ketones (excluding diaryl/α,β-unsaturated/α-hetero) is 1. The standard InChI is InChI=1S/C26H24F2N2O6/c1-15(2)11-29-26(33)24-8-5-18(36-24)12-30-21-9-16(3-7-23(21)35-14-25(30)32)22(31)13-34-17-4-6-19(27)20(28)10-17/h3-10,15H,11-14H2,1-2H3,(H,29,33). The van der Waals surface area contributed by atoms with E-state index in [4.69, 9.17) is 13.9 Å². The molecule has 3 aromatic rings. The smallest absolute Gasteiger partial charge is 0.287 e. The van der Waals surface area contributed by atoms with Crippen molar-refractivity contribution in [1.29, 1.82) is 0 Å². The first kappa shape index (κ1) is 24.9. The second-order valence-corrected chi connectivity index (χ2v) is 8.61. The lowest BCUT2D eigenvalue weighted by atomic mass is 10.1. The summed E-state index contributed by atoms with van der Waals surface area (Å²) in [5.41, 5.74) is 0.583. The minimum absolute atomic E-state index is 0.00593. The molecule has 0 aliphatic carbocycles. The van der Waals surface area contributed by atoms with Crippen molar-refractivity contribution in [3.05, 3.63) is 77.2 Å². The fourth-order valence-electron chi connectivity index (χ4n) is 3.47. The maximum atomic E-state index is 13.4. The summed E-state index contributed by atoms with van der Waals surface area (Å²) in [7, 11) is 0. The van der Waals surface area contributed by atoms with E-state index in [0.717, 1.165) is 12.1 Å². The zero-order valence-corrected chi connectivity index (χ0v) is 19.7. The van der Waals surface area contributed by atoms with Crippen LogP contribution in [-0.2, 0) is 11.3 Å². The number of ketones is 1. The molecule has 0 fully saturated rings. The highest BCUT2D eigenvalue weighted by Gasteiger charge is 2.28. The van der Waals surface area contributed by atoms with Gasteiger partial charge < -0.3 is 19.2 Å². The number of anilines is 1. The molecule has 2 aromatic carbocycles. The molecule has 2 heterocycles. The Hall–Kier alpha value is -4.21. The number of nitrogens with one attached hydrogen (secondary N) is 1. The molecular weight excluding hydrogens is 474 g/mol. The summed E-state index contributed by atoms with van der Waals surface area (Å²) in [4.78, 5) is 39.0. The van der Waals surface area contributed by atoms with Gasteiger partial charge in [-0.3, -0.25) is 19.3 Å². The Morgan fingerprint density at radius 3 is 2.64 bits per heavy atom. The second-order valence-electron chi connectivity index (χ2n) is 8.61. The van der Waals surface area contributed by atoms with E-state index in [1.807, 2.05) is 13.8 Å². The number of benzene rings is 2. The van der Waals surface area contributed by atoms with Gasteiger partial charge in [0.2, 0.25) is 0 Å². The van der Waals surface area contributed by atoms with Crippen molar-refractivity contribution in [1.82, 2.24) is 5.32 Å². The summed E-state index contributed by atoms with van der Waals surface area (Å²) < 4.78 is 42.9. The lowest BCUT2D eigenvalue weighted by Crippen LogP contribution is -2.38. The predicted octanol–water partition coefficient (Wildman–Crippen LogP) is 4.13. The van der Waals surface area contributed by atoms with Crippen LogP contribution < -0.4 is 19.7 Å². The molecule has 1 aliphatic rings. The first-order valence-electron chi connectivity index (χ1n) is 11.3. The van der Waals surface area contributed by atoms with Gasteiger partial charge in [-0.1, -0.05) is 13.8 Å². The molecule has 4 rings (SSSR count). The molecule has 10 heteroatoms. The van der Waals surface area contributed by atoms with E-state index >= 15 is 0 Å². The van der Waals surface area contributed by atoms with Crippen molar-refractivity contribution >= 4 is 23.3 Å². The summed E-state index contributed by atoms with van der Waals surface area (Å²) in [5.74, 6) is -2.06. The van der Waals surface area contributed by atoms with Crippen molar-refractivity contribution < 1.29 is 37.1 Å². The van der Waals surface area contributed by atoms with Crippen LogP contribution in [-0.4, -0.2) is 37.4 Å². The van der Waals surface area contributed by atoms with Crippen LogP contribution in [0.3, 0.4) is 0 Å². The Balaban J connectivity index is 1.48. The minimum atomic E-state index is -1.08. The molecule has 0 spiro atoms. The Morgan fingerprint density at radius 1 is 1.08 bits per heavy atom. The van der Waals surface area contributed by atoms with Crippen LogP contribution in [0.25, 0.3) is 0 Å². The van der Waals surface area contributed by atoms with Crippen molar-refractivity contribution in [3.63, 3.8) is 0 Å². The Bertz CT molecular complexity index is 1300.